The second kappa shape index (κ2) is 10.1. The van der Waals surface area contributed by atoms with Crippen molar-refractivity contribution in [2.24, 2.45) is 0 Å². The van der Waals surface area contributed by atoms with Gasteiger partial charge in [0.15, 0.2) is 0 Å². The van der Waals surface area contributed by atoms with Gasteiger partial charge in [-0.1, -0.05) is 18.2 Å². The van der Waals surface area contributed by atoms with Gasteiger partial charge >= 0.3 is 6.18 Å². The number of benzene rings is 1. The molecule has 1 rings (SSSR count). The lowest BCUT2D eigenvalue weighted by atomic mass is 10.1. The van der Waals surface area contributed by atoms with Crippen LogP contribution in [0.4, 0.5) is 18.9 Å². The summed E-state index contributed by atoms with van der Waals surface area (Å²) in [5.41, 5.74) is -1.29. The number of nitrogens with zero attached hydrogens (tertiary/aromatic N) is 1. The molecule has 0 saturated carbocycles. The first-order valence-electron chi connectivity index (χ1n) is 8.57. The molecule has 0 aliphatic heterocycles. The summed E-state index contributed by atoms with van der Waals surface area (Å²) in [6.45, 7) is 8.49. The number of hydrogen-bond acceptors (Lipinski definition) is 3. The van der Waals surface area contributed by atoms with Crippen molar-refractivity contribution in [1.29, 1.82) is 0 Å². The van der Waals surface area contributed by atoms with E-state index in [2.05, 4.69) is 11.9 Å². The van der Waals surface area contributed by atoms with Crippen molar-refractivity contribution in [3.05, 3.63) is 42.5 Å². The summed E-state index contributed by atoms with van der Waals surface area (Å²) < 4.78 is 44.5. The molecular weight excluding hydrogens is 361 g/mol. The van der Waals surface area contributed by atoms with E-state index in [4.69, 9.17) is 4.74 Å². The third-order valence-electron chi connectivity index (χ3n) is 3.76. The maximum Gasteiger partial charge on any atom is 0.418 e. The summed E-state index contributed by atoms with van der Waals surface area (Å²) in [7, 11) is 0. The summed E-state index contributed by atoms with van der Waals surface area (Å²) >= 11 is 0. The molecule has 150 valence electrons. The molecule has 8 heteroatoms. The summed E-state index contributed by atoms with van der Waals surface area (Å²) in [4.78, 5) is 26.0. The number of hydrogen-bond donors (Lipinski definition) is 1. The molecule has 0 spiro atoms. The fraction of sp³-hybridized carbons (Fsp3) is 0.474. The second-order valence-corrected chi connectivity index (χ2v) is 6.24. The molecule has 0 fully saturated rings. The summed E-state index contributed by atoms with van der Waals surface area (Å²) in [5.74, 6) is -1.12. The van der Waals surface area contributed by atoms with Crippen LogP contribution in [0, 0.1) is 0 Å². The first kappa shape index (κ1) is 22.7. The second-order valence-electron chi connectivity index (χ2n) is 6.24. The third-order valence-corrected chi connectivity index (χ3v) is 3.76. The van der Waals surface area contributed by atoms with Gasteiger partial charge in [-0.3, -0.25) is 9.59 Å². The van der Waals surface area contributed by atoms with Crippen molar-refractivity contribution in [3.63, 3.8) is 0 Å². The number of nitrogens with one attached hydrogen (secondary N) is 1. The van der Waals surface area contributed by atoms with Crippen molar-refractivity contribution in [3.8, 4) is 0 Å². The standard InChI is InChI=1S/C19H25F3N2O3/c1-5-6-11-27-14(4)18(26)24(13(2)3)12-17(25)23-16-10-8-7-9-15(16)19(20,21)22/h5,7-10,13-14H,1,6,11-12H2,2-4H3,(H,23,25). The zero-order valence-electron chi connectivity index (χ0n) is 15.7. The van der Waals surface area contributed by atoms with Crippen molar-refractivity contribution in [2.45, 2.75) is 45.5 Å². The number of ether oxygens (including phenoxy) is 1. The number of carbonyl (C=O) groups is 2. The lowest BCUT2D eigenvalue weighted by Gasteiger charge is -2.29. The van der Waals surface area contributed by atoms with Crippen molar-refractivity contribution >= 4 is 17.5 Å². The van der Waals surface area contributed by atoms with Crippen LogP contribution in [-0.2, 0) is 20.5 Å². The molecule has 1 N–H and O–H groups in total. The van der Waals surface area contributed by atoms with Crippen LogP contribution < -0.4 is 5.32 Å². The first-order valence-corrected chi connectivity index (χ1v) is 8.57. The lowest BCUT2D eigenvalue weighted by molar-refractivity contribution is -0.146. The Hall–Kier alpha value is -2.35. The molecule has 27 heavy (non-hydrogen) atoms. The van der Waals surface area contributed by atoms with Gasteiger partial charge in [-0.25, -0.2) is 0 Å². The van der Waals surface area contributed by atoms with Crippen molar-refractivity contribution < 1.29 is 27.5 Å². The van der Waals surface area contributed by atoms with Crippen LogP contribution in [0.5, 0.6) is 0 Å². The Morgan fingerprint density at radius 1 is 1.26 bits per heavy atom. The van der Waals surface area contributed by atoms with E-state index in [1.165, 1.54) is 23.1 Å². The SMILES string of the molecule is C=CCCOC(C)C(=O)N(CC(=O)Nc1ccccc1C(F)(F)F)C(C)C. The Balaban J connectivity index is 2.83. The Morgan fingerprint density at radius 2 is 1.89 bits per heavy atom. The zero-order chi connectivity index (χ0) is 20.6. The predicted molar refractivity (Wildman–Crippen MR) is 97.2 cm³/mol. The number of carbonyl (C=O) groups excluding carboxylic acids is 2. The van der Waals surface area contributed by atoms with E-state index in [-0.39, 0.29) is 18.3 Å². The fourth-order valence-corrected chi connectivity index (χ4v) is 2.33. The van der Waals surface area contributed by atoms with E-state index >= 15 is 0 Å². The Labute approximate surface area is 157 Å². The maximum absolute atomic E-state index is 13.0. The van der Waals surface area contributed by atoms with Gasteiger partial charge in [-0.2, -0.15) is 13.2 Å². The van der Waals surface area contributed by atoms with Crippen LogP contribution in [0.3, 0.4) is 0 Å². The molecule has 0 aliphatic carbocycles. The smallest absolute Gasteiger partial charge is 0.368 e. The van der Waals surface area contributed by atoms with Crippen LogP contribution in [0.1, 0.15) is 32.8 Å². The molecule has 0 aromatic heterocycles. The molecule has 1 aromatic rings. The first-order chi connectivity index (χ1) is 12.6. The van der Waals surface area contributed by atoms with Crippen LogP contribution >= 0.6 is 0 Å². The molecule has 0 saturated heterocycles. The summed E-state index contributed by atoms with van der Waals surface area (Å²) in [6.07, 6.45) is -3.13. The van der Waals surface area contributed by atoms with E-state index in [9.17, 15) is 22.8 Å². The molecule has 0 aliphatic rings. The number of alkyl halides is 3. The maximum atomic E-state index is 13.0. The van der Waals surface area contributed by atoms with Crippen molar-refractivity contribution in [1.82, 2.24) is 4.90 Å². The molecule has 1 unspecified atom stereocenters. The van der Waals surface area contributed by atoms with Gasteiger partial charge in [-0.15, -0.1) is 6.58 Å². The molecule has 0 bridgehead atoms. The highest BCUT2D eigenvalue weighted by molar-refractivity contribution is 5.95. The van der Waals surface area contributed by atoms with E-state index in [1.54, 1.807) is 26.8 Å². The minimum Gasteiger partial charge on any atom is -0.368 e. The summed E-state index contributed by atoms with van der Waals surface area (Å²) in [5, 5.41) is 2.24. The highest BCUT2D eigenvalue weighted by Gasteiger charge is 2.34. The zero-order valence-corrected chi connectivity index (χ0v) is 15.7. The van der Waals surface area contributed by atoms with E-state index in [0.29, 0.717) is 13.0 Å². The number of rotatable bonds is 9. The van der Waals surface area contributed by atoms with Gasteiger partial charge in [0, 0.05) is 6.04 Å². The van der Waals surface area contributed by atoms with Gasteiger partial charge in [0.25, 0.3) is 5.91 Å². The van der Waals surface area contributed by atoms with Crippen LogP contribution in [0.15, 0.2) is 36.9 Å². The van der Waals surface area contributed by atoms with Gasteiger partial charge in [-0.05, 0) is 39.3 Å². The van der Waals surface area contributed by atoms with Gasteiger partial charge in [0.05, 0.1) is 17.9 Å². The highest BCUT2D eigenvalue weighted by Crippen LogP contribution is 2.34. The highest BCUT2D eigenvalue weighted by atomic mass is 19.4. The monoisotopic (exact) mass is 386 g/mol. The van der Waals surface area contributed by atoms with Gasteiger partial charge in [0.2, 0.25) is 5.91 Å². The lowest BCUT2D eigenvalue weighted by Crippen LogP contribution is -2.47. The molecule has 1 atom stereocenters. The van der Waals surface area contributed by atoms with Crippen LogP contribution in [0.25, 0.3) is 0 Å². The van der Waals surface area contributed by atoms with Gasteiger partial charge < -0.3 is 15.0 Å². The number of amides is 2. The third kappa shape index (κ3) is 7.05. The van der Waals surface area contributed by atoms with E-state index in [1.807, 2.05) is 0 Å². The average Bonchev–Trinajstić information content (AvgIpc) is 2.58. The number of para-hydroxylation sites is 1. The number of halogens is 3. The van der Waals surface area contributed by atoms with Crippen LogP contribution in [0.2, 0.25) is 0 Å². The topological polar surface area (TPSA) is 58.6 Å². The number of anilines is 1. The van der Waals surface area contributed by atoms with Crippen molar-refractivity contribution in [2.75, 3.05) is 18.5 Å². The Bertz CT molecular complexity index is 660. The predicted octanol–water partition coefficient (Wildman–Crippen LogP) is 3.86. The molecular formula is C19H25F3N2O3. The van der Waals surface area contributed by atoms with E-state index < -0.39 is 29.7 Å². The quantitative estimate of drug-likeness (QED) is 0.518. The average molecular weight is 386 g/mol. The molecule has 0 heterocycles. The Kier molecular flexibility index (Phi) is 8.49. The molecule has 0 radical (unpaired) electrons. The Morgan fingerprint density at radius 3 is 2.44 bits per heavy atom. The fourth-order valence-electron chi connectivity index (χ4n) is 2.33. The molecule has 1 aromatic carbocycles. The van der Waals surface area contributed by atoms with Crippen LogP contribution in [-0.4, -0.2) is 42.0 Å². The minimum absolute atomic E-state index is 0.313. The largest absolute Gasteiger partial charge is 0.418 e. The molecule has 2 amide bonds. The normalized spacial score (nSPS) is 12.6. The van der Waals surface area contributed by atoms with Gasteiger partial charge in [0.1, 0.15) is 12.6 Å². The van der Waals surface area contributed by atoms with E-state index in [0.717, 1.165) is 6.07 Å². The minimum atomic E-state index is -4.59. The molecule has 5 nitrogen and oxygen atoms in total. The summed E-state index contributed by atoms with van der Waals surface area (Å²) in [6, 6.07) is 4.36.